The molecular weight excluding hydrogens is 217 g/mol. The quantitative estimate of drug-likeness (QED) is 0.785. The van der Waals surface area contributed by atoms with Crippen LogP contribution >= 0.6 is 11.6 Å². The predicted octanol–water partition coefficient (Wildman–Crippen LogP) is 3.32. The highest BCUT2D eigenvalue weighted by atomic mass is 35.5. The van der Waals surface area contributed by atoms with E-state index in [1.165, 1.54) is 12.1 Å². The third-order valence-electron chi connectivity index (χ3n) is 1.80. The summed E-state index contributed by atoms with van der Waals surface area (Å²) in [5.41, 5.74) is 0.412. The molecule has 0 radical (unpaired) electrons. The van der Waals surface area contributed by atoms with E-state index in [0.717, 1.165) is 0 Å². The Morgan fingerprint density at radius 1 is 1.47 bits per heavy atom. The number of halogens is 2. The second kappa shape index (κ2) is 5.93. The number of anilines is 1. The van der Waals surface area contributed by atoms with Gasteiger partial charge in [-0.1, -0.05) is 11.6 Å². The molecule has 0 aliphatic carbocycles. The smallest absolute Gasteiger partial charge is 0.146 e. The molecule has 0 saturated heterocycles. The van der Waals surface area contributed by atoms with Crippen LogP contribution < -0.4 is 5.32 Å². The number of ether oxygens (including phenoxy) is 1. The van der Waals surface area contributed by atoms with E-state index in [1.54, 1.807) is 6.07 Å². The van der Waals surface area contributed by atoms with Crippen LogP contribution in [0.15, 0.2) is 18.2 Å². The first-order valence-corrected chi connectivity index (χ1v) is 5.28. The number of benzene rings is 1. The Morgan fingerprint density at radius 3 is 2.87 bits per heavy atom. The topological polar surface area (TPSA) is 21.3 Å². The van der Waals surface area contributed by atoms with Gasteiger partial charge in [0.05, 0.1) is 18.4 Å². The van der Waals surface area contributed by atoms with E-state index in [4.69, 9.17) is 16.3 Å². The molecule has 1 N–H and O–H groups in total. The van der Waals surface area contributed by atoms with Crippen molar-refractivity contribution in [2.24, 2.45) is 0 Å². The molecule has 4 heteroatoms. The summed E-state index contributed by atoms with van der Waals surface area (Å²) in [4.78, 5) is 0. The number of hydrogen-bond donors (Lipinski definition) is 1. The van der Waals surface area contributed by atoms with Gasteiger partial charge in [-0.2, -0.15) is 0 Å². The van der Waals surface area contributed by atoms with Gasteiger partial charge in [-0.15, -0.1) is 0 Å². The molecule has 0 spiro atoms. The molecule has 84 valence electrons. The number of hydrogen-bond acceptors (Lipinski definition) is 2. The Morgan fingerprint density at radius 2 is 2.20 bits per heavy atom. The van der Waals surface area contributed by atoms with Crippen LogP contribution in [-0.4, -0.2) is 19.3 Å². The van der Waals surface area contributed by atoms with E-state index in [0.29, 0.717) is 23.9 Å². The lowest BCUT2D eigenvalue weighted by atomic mass is 10.3. The van der Waals surface area contributed by atoms with E-state index < -0.39 is 0 Å². The van der Waals surface area contributed by atoms with Crippen molar-refractivity contribution in [3.8, 4) is 0 Å². The van der Waals surface area contributed by atoms with E-state index in [9.17, 15) is 4.39 Å². The Balaban J connectivity index is 2.40. The van der Waals surface area contributed by atoms with Crippen LogP contribution in [0.2, 0.25) is 5.02 Å². The van der Waals surface area contributed by atoms with Gasteiger partial charge < -0.3 is 10.1 Å². The highest BCUT2D eigenvalue weighted by molar-refractivity contribution is 6.30. The summed E-state index contributed by atoms with van der Waals surface area (Å²) in [7, 11) is 0. The van der Waals surface area contributed by atoms with Crippen LogP contribution in [0.5, 0.6) is 0 Å². The zero-order valence-corrected chi connectivity index (χ0v) is 9.64. The van der Waals surface area contributed by atoms with Crippen molar-refractivity contribution in [1.29, 1.82) is 0 Å². The minimum Gasteiger partial charge on any atom is -0.380 e. The summed E-state index contributed by atoms with van der Waals surface area (Å²) in [5, 5.41) is 3.44. The fourth-order valence-electron chi connectivity index (χ4n) is 1.11. The first kappa shape index (κ1) is 12.3. The number of rotatable bonds is 5. The molecular formula is C11H15ClFNO. The van der Waals surface area contributed by atoms with Gasteiger partial charge in [-0.05, 0) is 32.0 Å². The lowest BCUT2D eigenvalue weighted by Gasteiger charge is -2.10. The predicted molar refractivity (Wildman–Crippen MR) is 61.0 cm³/mol. The first-order valence-electron chi connectivity index (χ1n) is 4.90. The van der Waals surface area contributed by atoms with E-state index >= 15 is 0 Å². The maximum Gasteiger partial charge on any atom is 0.146 e. The van der Waals surface area contributed by atoms with Crippen LogP contribution in [0.3, 0.4) is 0 Å². The molecule has 1 aromatic carbocycles. The van der Waals surface area contributed by atoms with Crippen molar-refractivity contribution in [1.82, 2.24) is 0 Å². The molecule has 0 fully saturated rings. The monoisotopic (exact) mass is 231 g/mol. The van der Waals surface area contributed by atoms with Crippen molar-refractivity contribution in [2.45, 2.75) is 20.0 Å². The SMILES string of the molecule is CC(C)OCCNc1cc(Cl)ccc1F. The molecule has 15 heavy (non-hydrogen) atoms. The maximum absolute atomic E-state index is 13.2. The van der Waals surface area contributed by atoms with Crippen LogP contribution in [0.25, 0.3) is 0 Å². The molecule has 0 bridgehead atoms. The summed E-state index contributed by atoms with van der Waals surface area (Å²) in [5.74, 6) is -0.302. The Labute approximate surface area is 94.4 Å². The molecule has 1 aromatic rings. The molecule has 2 nitrogen and oxygen atoms in total. The minimum atomic E-state index is -0.302. The van der Waals surface area contributed by atoms with Crippen molar-refractivity contribution in [3.63, 3.8) is 0 Å². The summed E-state index contributed by atoms with van der Waals surface area (Å²) < 4.78 is 18.5. The van der Waals surface area contributed by atoms with Gasteiger partial charge in [-0.25, -0.2) is 4.39 Å². The summed E-state index contributed by atoms with van der Waals surface area (Å²) in [6, 6.07) is 4.42. The Hall–Kier alpha value is -0.800. The molecule has 0 aliphatic heterocycles. The standard InChI is InChI=1S/C11H15ClFNO/c1-8(2)15-6-5-14-11-7-9(12)3-4-10(11)13/h3-4,7-8,14H,5-6H2,1-2H3. The normalized spacial score (nSPS) is 10.7. The van der Waals surface area contributed by atoms with E-state index in [2.05, 4.69) is 5.32 Å². The average molecular weight is 232 g/mol. The highest BCUT2D eigenvalue weighted by Gasteiger charge is 2.01. The number of nitrogens with one attached hydrogen (secondary N) is 1. The molecule has 0 saturated carbocycles. The van der Waals surface area contributed by atoms with Crippen molar-refractivity contribution in [3.05, 3.63) is 29.0 Å². The zero-order valence-electron chi connectivity index (χ0n) is 8.89. The van der Waals surface area contributed by atoms with Crippen LogP contribution in [0, 0.1) is 5.82 Å². The summed E-state index contributed by atoms with van der Waals surface area (Å²) >= 11 is 5.74. The molecule has 0 aromatic heterocycles. The summed E-state index contributed by atoms with van der Waals surface area (Å²) in [6.07, 6.45) is 0.191. The second-order valence-electron chi connectivity index (χ2n) is 3.47. The molecule has 0 atom stereocenters. The fraction of sp³-hybridized carbons (Fsp3) is 0.455. The van der Waals surface area contributed by atoms with Crippen LogP contribution in [0.4, 0.5) is 10.1 Å². The third kappa shape index (κ3) is 4.49. The van der Waals surface area contributed by atoms with Gasteiger partial charge in [-0.3, -0.25) is 0 Å². The summed E-state index contributed by atoms with van der Waals surface area (Å²) in [6.45, 7) is 5.03. The lowest BCUT2D eigenvalue weighted by Crippen LogP contribution is -2.13. The highest BCUT2D eigenvalue weighted by Crippen LogP contribution is 2.19. The second-order valence-corrected chi connectivity index (χ2v) is 3.91. The largest absolute Gasteiger partial charge is 0.380 e. The first-order chi connectivity index (χ1) is 7.09. The van der Waals surface area contributed by atoms with Gasteiger partial charge in [0.1, 0.15) is 5.82 Å². The molecule has 0 unspecified atom stereocenters. The lowest BCUT2D eigenvalue weighted by molar-refractivity contribution is 0.0870. The average Bonchev–Trinajstić information content (AvgIpc) is 2.17. The fourth-order valence-corrected chi connectivity index (χ4v) is 1.29. The van der Waals surface area contributed by atoms with E-state index in [1.807, 2.05) is 13.8 Å². The Kier molecular flexibility index (Phi) is 4.85. The van der Waals surface area contributed by atoms with Gasteiger partial charge in [0.2, 0.25) is 0 Å². The van der Waals surface area contributed by atoms with Crippen molar-refractivity contribution >= 4 is 17.3 Å². The van der Waals surface area contributed by atoms with Gasteiger partial charge >= 0.3 is 0 Å². The third-order valence-corrected chi connectivity index (χ3v) is 2.03. The molecule has 0 aliphatic rings. The zero-order chi connectivity index (χ0) is 11.3. The molecule has 1 rings (SSSR count). The molecule has 0 amide bonds. The van der Waals surface area contributed by atoms with Gasteiger partial charge in [0, 0.05) is 11.6 Å². The Bertz CT molecular complexity index is 317. The maximum atomic E-state index is 13.2. The van der Waals surface area contributed by atoms with Crippen LogP contribution in [-0.2, 0) is 4.74 Å². The van der Waals surface area contributed by atoms with Crippen molar-refractivity contribution < 1.29 is 9.13 Å². The van der Waals surface area contributed by atoms with Crippen molar-refractivity contribution in [2.75, 3.05) is 18.5 Å². The van der Waals surface area contributed by atoms with Gasteiger partial charge in [0.25, 0.3) is 0 Å². The van der Waals surface area contributed by atoms with Crippen LogP contribution in [0.1, 0.15) is 13.8 Å². The van der Waals surface area contributed by atoms with E-state index in [-0.39, 0.29) is 11.9 Å². The minimum absolute atomic E-state index is 0.191. The molecule has 0 heterocycles. The van der Waals surface area contributed by atoms with Gasteiger partial charge in [0.15, 0.2) is 0 Å².